The maximum Gasteiger partial charge on any atom is 0.309 e. The van der Waals surface area contributed by atoms with E-state index in [0.29, 0.717) is 6.54 Å². The van der Waals surface area contributed by atoms with Gasteiger partial charge in [0.05, 0.1) is 12.5 Å². The van der Waals surface area contributed by atoms with E-state index in [4.69, 9.17) is 5.11 Å². The lowest BCUT2D eigenvalue weighted by Gasteiger charge is -2.20. The molecule has 2 N–H and O–H groups in total. The summed E-state index contributed by atoms with van der Waals surface area (Å²) in [6, 6.07) is 0.192. The first kappa shape index (κ1) is 8.04. The van der Waals surface area contributed by atoms with Crippen molar-refractivity contribution in [3.8, 4) is 0 Å². The molecule has 0 amide bonds. The molecule has 0 aromatic carbocycles. The molecule has 4 heteroatoms. The molecule has 1 atom stereocenters. The van der Waals surface area contributed by atoms with Crippen LogP contribution in [0.2, 0.25) is 0 Å². The molecular weight excluding hydrogens is 168 g/mol. The minimum Gasteiger partial charge on any atom is -0.481 e. The summed E-state index contributed by atoms with van der Waals surface area (Å²) in [6.07, 6.45) is 5.62. The molecule has 2 aliphatic rings. The molecule has 0 bridgehead atoms. The van der Waals surface area contributed by atoms with Crippen LogP contribution in [0.25, 0.3) is 0 Å². The summed E-state index contributed by atoms with van der Waals surface area (Å²) in [5.74, 6) is -0.809. The first-order valence-electron chi connectivity index (χ1n) is 4.15. The van der Waals surface area contributed by atoms with Crippen molar-refractivity contribution in [3.05, 3.63) is 23.4 Å². The highest BCUT2D eigenvalue weighted by Crippen LogP contribution is 2.19. The highest BCUT2D eigenvalue weighted by Gasteiger charge is 2.20. The summed E-state index contributed by atoms with van der Waals surface area (Å²) >= 11 is 0. The van der Waals surface area contributed by atoms with Crippen molar-refractivity contribution >= 4 is 12.2 Å². The zero-order valence-electron chi connectivity index (χ0n) is 7.03. The van der Waals surface area contributed by atoms with Crippen LogP contribution in [0.1, 0.15) is 6.42 Å². The van der Waals surface area contributed by atoms with Crippen molar-refractivity contribution in [1.29, 1.82) is 0 Å². The number of carboxylic acids is 1. The lowest BCUT2D eigenvalue weighted by atomic mass is 10.0. The van der Waals surface area contributed by atoms with Crippen LogP contribution in [0.4, 0.5) is 0 Å². The predicted octanol–water partition coefficient (Wildman–Crippen LogP) is 0.328. The smallest absolute Gasteiger partial charge is 0.309 e. The van der Waals surface area contributed by atoms with Crippen molar-refractivity contribution in [3.63, 3.8) is 0 Å². The number of hydrogen-bond donors (Lipinski definition) is 2. The highest BCUT2D eigenvalue weighted by atomic mass is 16.4. The van der Waals surface area contributed by atoms with Crippen LogP contribution in [0.3, 0.4) is 0 Å². The molecule has 0 spiro atoms. The van der Waals surface area contributed by atoms with Crippen molar-refractivity contribution in [2.75, 3.05) is 6.54 Å². The third-order valence-electron chi connectivity index (χ3n) is 2.12. The number of nitrogens with zero attached hydrogens (tertiary/aromatic N) is 1. The number of aliphatic imine (C=N–C) groups is 1. The van der Waals surface area contributed by atoms with Crippen LogP contribution in [0, 0.1) is 0 Å². The molecule has 2 rings (SSSR count). The number of allylic oxidation sites excluding steroid dienone is 1. The molecule has 2 heterocycles. The minimum atomic E-state index is -0.809. The molecule has 0 aromatic heterocycles. The first-order chi connectivity index (χ1) is 6.25. The van der Waals surface area contributed by atoms with E-state index in [0.717, 1.165) is 11.3 Å². The topological polar surface area (TPSA) is 61.7 Å². The fourth-order valence-electron chi connectivity index (χ4n) is 1.50. The monoisotopic (exact) mass is 178 g/mol. The van der Waals surface area contributed by atoms with E-state index in [1.54, 1.807) is 6.21 Å². The van der Waals surface area contributed by atoms with Crippen LogP contribution in [0.15, 0.2) is 28.4 Å². The van der Waals surface area contributed by atoms with Gasteiger partial charge in [-0.25, -0.2) is 0 Å². The lowest BCUT2D eigenvalue weighted by molar-refractivity contribution is -0.136. The summed E-state index contributed by atoms with van der Waals surface area (Å²) in [5, 5.41) is 11.6. The Morgan fingerprint density at radius 2 is 2.62 bits per heavy atom. The molecule has 2 aliphatic heterocycles. The molecule has 0 saturated carbocycles. The molecule has 68 valence electrons. The molecular formula is C9H10N2O2. The zero-order chi connectivity index (χ0) is 9.26. The van der Waals surface area contributed by atoms with E-state index in [1.807, 2.05) is 12.2 Å². The Balaban J connectivity index is 2.12. The number of hydrogen-bond acceptors (Lipinski definition) is 3. The van der Waals surface area contributed by atoms with Gasteiger partial charge in [-0.15, -0.1) is 0 Å². The third kappa shape index (κ3) is 1.61. The van der Waals surface area contributed by atoms with Gasteiger partial charge in [-0.2, -0.15) is 0 Å². The fourth-order valence-corrected chi connectivity index (χ4v) is 1.50. The second-order valence-corrected chi connectivity index (χ2v) is 3.10. The quantitative estimate of drug-likeness (QED) is 0.640. The van der Waals surface area contributed by atoms with E-state index in [-0.39, 0.29) is 12.5 Å². The number of carbonyl (C=O) groups is 1. The summed E-state index contributed by atoms with van der Waals surface area (Å²) in [7, 11) is 0. The molecule has 0 radical (unpaired) electrons. The SMILES string of the molecule is O=C(O)CC1=CC2=CC=NC2CN1. The van der Waals surface area contributed by atoms with Crippen molar-refractivity contribution in [2.45, 2.75) is 12.5 Å². The summed E-state index contributed by atoms with van der Waals surface area (Å²) in [4.78, 5) is 14.6. The normalized spacial score (nSPS) is 24.5. The number of rotatable bonds is 2. The highest BCUT2D eigenvalue weighted by molar-refractivity contribution is 5.78. The standard InChI is InChI=1S/C9H10N2O2/c12-9(13)4-7-3-6-1-2-10-8(6)5-11-7/h1-3,8,11H,4-5H2,(H,12,13). The lowest BCUT2D eigenvalue weighted by Crippen LogP contribution is -2.30. The van der Waals surface area contributed by atoms with Gasteiger partial charge >= 0.3 is 5.97 Å². The van der Waals surface area contributed by atoms with Gasteiger partial charge in [0, 0.05) is 18.5 Å². The fraction of sp³-hybridized carbons (Fsp3) is 0.333. The largest absolute Gasteiger partial charge is 0.481 e. The van der Waals surface area contributed by atoms with E-state index in [1.165, 1.54) is 0 Å². The Morgan fingerprint density at radius 3 is 3.38 bits per heavy atom. The Morgan fingerprint density at radius 1 is 1.77 bits per heavy atom. The van der Waals surface area contributed by atoms with E-state index in [2.05, 4.69) is 10.3 Å². The zero-order valence-corrected chi connectivity index (χ0v) is 7.03. The maximum atomic E-state index is 10.4. The van der Waals surface area contributed by atoms with Gasteiger partial charge in [-0.1, -0.05) is 0 Å². The second kappa shape index (κ2) is 3.05. The number of fused-ring (bicyclic) bond motifs is 1. The van der Waals surface area contributed by atoms with Crippen LogP contribution < -0.4 is 5.32 Å². The summed E-state index contributed by atoms with van der Waals surface area (Å²) < 4.78 is 0. The average Bonchev–Trinajstić information content (AvgIpc) is 2.49. The average molecular weight is 178 g/mol. The Labute approximate surface area is 75.7 Å². The second-order valence-electron chi connectivity index (χ2n) is 3.10. The van der Waals surface area contributed by atoms with Gasteiger partial charge in [0.15, 0.2) is 0 Å². The van der Waals surface area contributed by atoms with E-state index in [9.17, 15) is 4.79 Å². The van der Waals surface area contributed by atoms with Crippen molar-refractivity contribution in [1.82, 2.24) is 5.32 Å². The molecule has 0 fully saturated rings. The Kier molecular flexibility index (Phi) is 1.88. The minimum absolute atomic E-state index is 0.0596. The van der Waals surface area contributed by atoms with Gasteiger partial charge in [-0.05, 0) is 17.7 Å². The number of nitrogens with one attached hydrogen (secondary N) is 1. The first-order valence-corrected chi connectivity index (χ1v) is 4.15. The number of carboxylic acid groups (broad SMARTS) is 1. The molecule has 0 saturated heterocycles. The Bertz CT molecular complexity index is 329. The molecule has 4 nitrogen and oxygen atoms in total. The Hall–Kier alpha value is -1.58. The van der Waals surface area contributed by atoms with Gasteiger partial charge in [-0.3, -0.25) is 9.79 Å². The summed E-state index contributed by atoms with van der Waals surface area (Å²) in [6.45, 7) is 0.710. The van der Waals surface area contributed by atoms with Crippen LogP contribution in [0.5, 0.6) is 0 Å². The van der Waals surface area contributed by atoms with Gasteiger partial charge in [0.2, 0.25) is 0 Å². The van der Waals surface area contributed by atoms with Crippen LogP contribution in [-0.4, -0.2) is 29.9 Å². The maximum absolute atomic E-state index is 10.4. The van der Waals surface area contributed by atoms with Crippen molar-refractivity contribution < 1.29 is 9.90 Å². The third-order valence-corrected chi connectivity index (χ3v) is 2.12. The van der Waals surface area contributed by atoms with Gasteiger partial charge < -0.3 is 10.4 Å². The van der Waals surface area contributed by atoms with E-state index >= 15 is 0 Å². The van der Waals surface area contributed by atoms with Gasteiger partial charge in [0.25, 0.3) is 0 Å². The predicted molar refractivity (Wildman–Crippen MR) is 48.7 cm³/mol. The number of aliphatic carboxylic acids is 1. The van der Waals surface area contributed by atoms with E-state index < -0.39 is 5.97 Å². The molecule has 0 aliphatic carbocycles. The van der Waals surface area contributed by atoms with Crippen LogP contribution in [-0.2, 0) is 4.79 Å². The summed E-state index contributed by atoms with van der Waals surface area (Å²) in [5.41, 5.74) is 1.87. The van der Waals surface area contributed by atoms with Gasteiger partial charge in [0.1, 0.15) is 0 Å². The molecule has 1 unspecified atom stereocenters. The van der Waals surface area contributed by atoms with Crippen molar-refractivity contribution in [2.24, 2.45) is 4.99 Å². The molecule has 0 aromatic rings. The molecule has 13 heavy (non-hydrogen) atoms. The van der Waals surface area contributed by atoms with Crippen LogP contribution >= 0.6 is 0 Å².